The third-order valence-corrected chi connectivity index (χ3v) is 2.21. The number of aryl methyl sites for hydroxylation is 1. The van der Waals surface area contributed by atoms with Crippen LogP contribution in [0.25, 0.3) is 0 Å². The molecule has 86 valence electrons. The molecule has 1 aromatic heterocycles. The lowest BCUT2D eigenvalue weighted by molar-refractivity contribution is -0.122. The lowest BCUT2D eigenvalue weighted by Crippen LogP contribution is -2.37. The first-order valence-corrected chi connectivity index (χ1v) is 5.45. The van der Waals surface area contributed by atoms with E-state index in [0.717, 1.165) is 5.56 Å². The van der Waals surface area contributed by atoms with Crippen molar-refractivity contribution in [3.8, 4) is 0 Å². The molecule has 1 heterocycles. The van der Waals surface area contributed by atoms with Gasteiger partial charge in [0.1, 0.15) is 5.82 Å². The highest BCUT2D eigenvalue weighted by atomic mass is 32.1. The number of thiocarbonyl (C=S) groups is 1. The summed E-state index contributed by atoms with van der Waals surface area (Å²) in [5.74, 6) is 0.465. The van der Waals surface area contributed by atoms with Crippen molar-refractivity contribution in [1.29, 1.82) is 0 Å². The molecule has 0 saturated heterocycles. The van der Waals surface area contributed by atoms with Gasteiger partial charge in [-0.1, -0.05) is 19.9 Å². The molecule has 0 aliphatic rings. The van der Waals surface area contributed by atoms with Crippen LogP contribution in [0.2, 0.25) is 0 Å². The Kier molecular flexibility index (Phi) is 4.37. The molecule has 0 aliphatic heterocycles. The minimum Gasteiger partial charge on any atom is -0.317 e. The van der Waals surface area contributed by atoms with Crippen LogP contribution in [0, 0.1) is 12.8 Å². The topological polar surface area (TPSA) is 54.0 Å². The van der Waals surface area contributed by atoms with Crippen LogP contribution in [0.5, 0.6) is 0 Å². The zero-order valence-corrected chi connectivity index (χ0v) is 10.4. The summed E-state index contributed by atoms with van der Waals surface area (Å²) in [5, 5.41) is 5.76. The van der Waals surface area contributed by atoms with E-state index in [-0.39, 0.29) is 16.9 Å². The quantitative estimate of drug-likeness (QED) is 0.771. The molecule has 2 N–H and O–H groups in total. The van der Waals surface area contributed by atoms with Crippen LogP contribution in [-0.4, -0.2) is 16.0 Å². The van der Waals surface area contributed by atoms with E-state index in [4.69, 9.17) is 12.2 Å². The van der Waals surface area contributed by atoms with E-state index in [1.54, 1.807) is 6.20 Å². The fourth-order valence-corrected chi connectivity index (χ4v) is 1.21. The van der Waals surface area contributed by atoms with Crippen LogP contribution in [0.3, 0.4) is 0 Å². The molecular weight excluding hydrogens is 222 g/mol. The second-order valence-electron chi connectivity index (χ2n) is 3.77. The van der Waals surface area contributed by atoms with Crippen LogP contribution in [-0.2, 0) is 4.79 Å². The van der Waals surface area contributed by atoms with Crippen LogP contribution < -0.4 is 10.6 Å². The van der Waals surface area contributed by atoms with Gasteiger partial charge in [-0.15, -0.1) is 0 Å². The summed E-state index contributed by atoms with van der Waals surface area (Å²) in [6.07, 6.45) is 1.67. The van der Waals surface area contributed by atoms with Gasteiger partial charge < -0.3 is 10.6 Å². The van der Waals surface area contributed by atoms with E-state index >= 15 is 0 Å². The van der Waals surface area contributed by atoms with Gasteiger partial charge >= 0.3 is 0 Å². The molecule has 0 spiro atoms. The monoisotopic (exact) mass is 237 g/mol. The summed E-state index contributed by atoms with van der Waals surface area (Å²) >= 11 is 5.01. The normalized spacial score (nSPS) is 10.0. The van der Waals surface area contributed by atoms with Crippen molar-refractivity contribution in [3.63, 3.8) is 0 Å². The predicted molar refractivity (Wildman–Crippen MR) is 68.2 cm³/mol. The van der Waals surface area contributed by atoms with Crippen molar-refractivity contribution in [1.82, 2.24) is 10.3 Å². The highest BCUT2D eigenvalue weighted by Gasteiger charge is 2.09. The number of hydrogen-bond donors (Lipinski definition) is 2. The smallest absolute Gasteiger partial charge is 0.228 e. The van der Waals surface area contributed by atoms with Crippen molar-refractivity contribution >= 4 is 29.1 Å². The Morgan fingerprint density at radius 1 is 1.50 bits per heavy atom. The molecule has 0 radical (unpaired) electrons. The van der Waals surface area contributed by atoms with Gasteiger partial charge in [0.15, 0.2) is 5.11 Å². The lowest BCUT2D eigenvalue weighted by atomic mass is 10.2. The molecule has 0 atom stereocenters. The Balaban J connectivity index is 2.59. The van der Waals surface area contributed by atoms with Crippen molar-refractivity contribution < 1.29 is 4.79 Å². The molecule has 4 nitrogen and oxygen atoms in total. The number of nitrogens with zero attached hydrogens (tertiary/aromatic N) is 1. The molecule has 1 rings (SSSR count). The van der Waals surface area contributed by atoms with Gasteiger partial charge in [0, 0.05) is 12.1 Å². The SMILES string of the molecule is Cc1cccnc1NC(=S)NC(=O)C(C)C. The second kappa shape index (κ2) is 5.55. The van der Waals surface area contributed by atoms with E-state index < -0.39 is 0 Å². The highest BCUT2D eigenvalue weighted by molar-refractivity contribution is 7.80. The number of rotatable bonds is 2. The standard InChI is InChI=1S/C11H15N3OS/c1-7(2)10(15)14-11(16)13-9-8(3)5-4-6-12-9/h4-7H,1-3H3,(H2,12,13,14,15,16). The summed E-state index contributed by atoms with van der Waals surface area (Å²) in [6.45, 7) is 5.54. The van der Waals surface area contributed by atoms with Crippen molar-refractivity contribution in [2.75, 3.05) is 5.32 Å². The van der Waals surface area contributed by atoms with Crippen LogP contribution >= 0.6 is 12.2 Å². The molecule has 0 aromatic carbocycles. The number of carbonyl (C=O) groups is 1. The molecule has 0 unspecified atom stereocenters. The number of amides is 1. The maximum Gasteiger partial charge on any atom is 0.228 e. The predicted octanol–water partition coefficient (Wildman–Crippen LogP) is 1.86. The lowest BCUT2D eigenvalue weighted by Gasteiger charge is -2.11. The second-order valence-corrected chi connectivity index (χ2v) is 4.18. The van der Waals surface area contributed by atoms with E-state index in [0.29, 0.717) is 5.82 Å². The van der Waals surface area contributed by atoms with Gasteiger partial charge in [0.25, 0.3) is 0 Å². The summed E-state index contributed by atoms with van der Waals surface area (Å²) < 4.78 is 0. The van der Waals surface area contributed by atoms with E-state index in [2.05, 4.69) is 15.6 Å². The molecule has 5 heteroatoms. The van der Waals surface area contributed by atoms with Crippen molar-refractivity contribution in [2.45, 2.75) is 20.8 Å². The number of aromatic nitrogens is 1. The van der Waals surface area contributed by atoms with Gasteiger partial charge in [-0.05, 0) is 30.8 Å². The summed E-state index contributed by atoms with van der Waals surface area (Å²) in [4.78, 5) is 15.5. The Bertz CT molecular complexity index is 404. The molecule has 0 bridgehead atoms. The Morgan fingerprint density at radius 3 is 2.75 bits per heavy atom. The summed E-state index contributed by atoms with van der Waals surface area (Å²) in [5.41, 5.74) is 0.976. The summed E-state index contributed by atoms with van der Waals surface area (Å²) in [7, 11) is 0. The third-order valence-electron chi connectivity index (χ3n) is 2.00. The molecular formula is C11H15N3OS. The molecule has 1 aromatic rings. The largest absolute Gasteiger partial charge is 0.317 e. The van der Waals surface area contributed by atoms with Crippen LogP contribution in [0.15, 0.2) is 18.3 Å². The number of anilines is 1. The van der Waals surface area contributed by atoms with Crippen LogP contribution in [0.4, 0.5) is 5.82 Å². The Hall–Kier alpha value is -1.49. The van der Waals surface area contributed by atoms with Gasteiger partial charge in [-0.3, -0.25) is 4.79 Å². The Labute approximate surface area is 100 Å². The maximum absolute atomic E-state index is 11.4. The molecule has 1 amide bonds. The van der Waals surface area contributed by atoms with Gasteiger partial charge in [0.2, 0.25) is 5.91 Å². The summed E-state index contributed by atoms with van der Waals surface area (Å²) in [6, 6.07) is 3.76. The third kappa shape index (κ3) is 3.58. The first-order valence-electron chi connectivity index (χ1n) is 5.04. The first kappa shape index (κ1) is 12.6. The van der Waals surface area contributed by atoms with Crippen molar-refractivity contribution in [3.05, 3.63) is 23.9 Å². The van der Waals surface area contributed by atoms with E-state index in [1.807, 2.05) is 32.9 Å². The first-order chi connectivity index (χ1) is 7.50. The average Bonchev–Trinajstić information content (AvgIpc) is 2.21. The van der Waals surface area contributed by atoms with Gasteiger partial charge in [-0.25, -0.2) is 4.98 Å². The number of carbonyl (C=O) groups excluding carboxylic acids is 1. The molecule has 0 fully saturated rings. The van der Waals surface area contributed by atoms with E-state index in [1.165, 1.54) is 0 Å². The maximum atomic E-state index is 11.4. The average molecular weight is 237 g/mol. The number of nitrogens with one attached hydrogen (secondary N) is 2. The minimum atomic E-state index is -0.105. The van der Waals surface area contributed by atoms with Gasteiger partial charge in [0.05, 0.1) is 0 Å². The zero-order chi connectivity index (χ0) is 12.1. The molecule has 16 heavy (non-hydrogen) atoms. The van der Waals surface area contributed by atoms with Crippen molar-refractivity contribution in [2.24, 2.45) is 5.92 Å². The minimum absolute atomic E-state index is 0.0930. The number of hydrogen-bond acceptors (Lipinski definition) is 3. The van der Waals surface area contributed by atoms with Crippen LogP contribution in [0.1, 0.15) is 19.4 Å². The Morgan fingerprint density at radius 2 is 2.19 bits per heavy atom. The van der Waals surface area contributed by atoms with E-state index in [9.17, 15) is 4.79 Å². The highest BCUT2D eigenvalue weighted by Crippen LogP contribution is 2.08. The fourth-order valence-electron chi connectivity index (χ4n) is 1.01. The fraction of sp³-hybridized carbons (Fsp3) is 0.364. The molecule has 0 saturated carbocycles. The number of pyridine rings is 1. The molecule has 0 aliphatic carbocycles. The zero-order valence-electron chi connectivity index (χ0n) is 9.57. The van der Waals surface area contributed by atoms with Gasteiger partial charge in [-0.2, -0.15) is 0 Å².